The Labute approximate surface area is 146 Å². The van der Waals surface area contributed by atoms with Gasteiger partial charge in [0.05, 0.1) is 12.5 Å². The van der Waals surface area contributed by atoms with E-state index in [2.05, 4.69) is 37.7 Å². The van der Waals surface area contributed by atoms with Gasteiger partial charge in [-0.1, -0.05) is 22.5 Å². The Morgan fingerprint density at radius 1 is 1.60 bits per heavy atom. The number of piperidine rings is 1. The summed E-state index contributed by atoms with van der Waals surface area (Å²) in [6.45, 7) is 8.24. The predicted octanol–water partition coefficient (Wildman–Crippen LogP) is 2.36. The van der Waals surface area contributed by atoms with Gasteiger partial charge in [-0.15, -0.1) is 24.0 Å². The van der Waals surface area contributed by atoms with Crippen molar-refractivity contribution in [3.05, 3.63) is 11.1 Å². The van der Waals surface area contributed by atoms with Gasteiger partial charge in [-0.3, -0.25) is 9.79 Å². The molecule has 0 aromatic rings. The van der Waals surface area contributed by atoms with Crippen LogP contribution in [0.15, 0.2) is 16.1 Å². The van der Waals surface area contributed by atoms with Crippen LogP contribution in [0.4, 0.5) is 0 Å². The van der Waals surface area contributed by atoms with Crippen LogP contribution in [-0.2, 0) is 9.53 Å². The fourth-order valence-electron chi connectivity index (χ4n) is 2.13. The van der Waals surface area contributed by atoms with Crippen LogP contribution in [0.1, 0.15) is 19.8 Å². The molecule has 0 amide bonds. The molecule has 0 radical (unpaired) electrons. The Kier molecular flexibility index (Phi) is 10.3. The first-order chi connectivity index (χ1) is 9.08. The second-order valence-corrected chi connectivity index (χ2v) is 5.58. The topological polar surface area (TPSA) is 53.9 Å². The first-order valence-corrected chi connectivity index (χ1v) is 7.33. The number of nitrogens with zero attached hydrogens (tertiary/aromatic N) is 2. The zero-order valence-corrected chi connectivity index (χ0v) is 15.9. The fourth-order valence-corrected chi connectivity index (χ4v) is 2.27. The molecule has 0 spiro atoms. The molecule has 0 bridgehead atoms. The van der Waals surface area contributed by atoms with Gasteiger partial charge < -0.3 is 15.0 Å². The molecule has 1 N–H and O–H groups in total. The highest BCUT2D eigenvalue weighted by molar-refractivity contribution is 14.0. The third-order valence-electron chi connectivity index (χ3n) is 2.99. The molecule has 5 nitrogen and oxygen atoms in total. The molecule has 0 aromatic heterocycles. The maximum atomic E-state index is 11.8. The largest absolute Gasteiger partial charge is 0.466 e. The van der Waals surface area contributed by atoms with E-state index >= 15 is 0 Å². The van der Waals surface area contributed by atoms with Gasteiger partial charge in [0.15, 0.2) is 5.96 Å². The molecule has 0 unspecified atom stereocenters. The zero-order valence-electron chi connectivity index (χ0n) is 12.0. The summed E-state index contributed by atoms with van der Waals surface area (Å²) in [5, 5.41) is 3.21. The highest BCUT2D eigenvalue weighted by atomic mass is 127. The minimum Gasteiger partial charge on any atom is -0.466 e. The third kappa shape index (κ3) is 6.43. The van der Waals surface area contributed by atoms with Crippen LogP contribution in [0.5, 0.6) is 0 Å². The van der Waals surface area contributed by atoms with Gasteiger partial charge in [-0.05, 0) is 19.8 Å². The number of hydrogen-bond acceptors (Lipinski definition) is 3. The highest BCUT2D eigenvalue weighted by Crippen LogP contribution is 2.18. The number of guanidine groups is 1. The van der Waals surface area contributed by atoms with Gasteiger partial charge in [0.25, 0.3) is 0 Å². The SMILES string of the molecule is C=C(Br)CNC(=NC)N1CCC[C@@H](C(=O)OCC)C1.I. The lowest BCUT2D eigenvalue weighted by Gasteiger charge is -2.33. The van der Waals surface area contributed by atoms with Crippen LogP contribution in [0.3, 0.4) is 0 Å². The Bertz CT molecular complexity index is 364. The number of aliphatic imine (C=N–C) groups is 1. The minimum atomic E-state index is -0.104. The summed E-state index contributed by atoms with van der Waals surface area (Å²) in [5.41, 5.74) is 0. The van der Waals surface area contributed by atoms with Crippen molar-refractivity contribution in [3.63, 3.8) is 0 Å². The first-order valence-electron chi connectivity index (χ1n) is 6.54. The number of esters is 1. The number of hydrogen-bond donors (Lipinski definition) is 1. The van der Waals surface area contributed by atoms with E-state index in [1.807, 2.05) is 6.92 Å². The van der Waals surface area contributed by atoms with E-state index in [4.69, 9.17) is 4.74 Å². The molecule has 1 atom stereocenters. The molecular formula is C13H23BrIN3O2. The predicted molar refractivity (Wildman–Crippen MR) is 95.8 cm³/mol. The normalized spacial score (nSPS) is 19.1. The van der Waals surface area contributed by atoms with Crippen molar-refractivity contribution >= 4 is 51.8 Å². The number of likely N-dealkylation sites (tertiary alicyclic amines) is 1. The lowest BCUT2D eigenvalue weighted by atomic mass is 9.98. The van der Waals surface area contributed by atoms with Crippen LogP contribution in [-0.4, -0.2) is 50.1 Å². The van der Waals surface area contributed by atoms with Crippen molar-refractivity contribution in [1.29, 1.82) is 0 Å². The molecule has 0 saturated carbocycles. The number of carbonyl (C=O) groups excluding carboxylic acids is 1. The van der Waals surface area contributed by atoms with Gasteiger partial charge >= 0.3 is 5.97 Å². The number of nitrogens with one attached hydrogen (secondary N) is 1. The summed E-state index contributed by atoms with van der Waals surface area (Å²) in [4.78, 5) is 18.1. The van der Waals surface area contributed by atoms with Gasteiger partial charge in [-0.2, -0.15) is 0 Å². The molecule has 1 fully saturated rings. The van der Waals surface area contributed by atoms with E-state index in [-0.39, 0.29) is 35.9 Å². The summed E-state index contributed by atoms with van der Waals surface area (Å²) in [6.07, 6.45) is 1.86. The van der Waals surface area contributed by atoms with Crippen LogP contribution >= 0.6 is 39.9 Å². The maximum Gasteiger partial charge on any atom is 0.310 e. The monoisotopic (exact) mass is 459 g/mol. The molecule has 20 heavy (non-hydrogen) atoms. The molecule has 116 valence electrons. The second kappa shape index (κ2) is 10.4. The van der Waals surface area contributed by atoms with Crippen LogP contribution in [0, 0.1) is 5.92 Å². The third-order valence-corrected chi connectivity index (χ3v) is 3.27. The van der Waals surface area contributed by atoms with Crippen molar-refractivity contribution in [3.8, 4) is 0 Å². The number of rotatable bonds is 4. The second-order valence-electron chi connectivity index (χ2n) is 4.46. The molecule has 0 aromatic carbocycles. The van der Waals surface area contributed by atoms with Crippen molar-refractivity contribution in [1.82, 2.24) is 10.2 Å². The molecule has 1 heterocycles. The molecule has 0 aliphatic carbocycles. The van der Waals surface area contributed by atoms with Crippen molar-refractivity contribution in [2.24, 2.45) is 10.9 Å². The van der Waals surface area contributed by atoms with Gasteiger partial charge in [0.1, 0.15) is 0 Å². The number of ether oxygens (including phenoxy) is 1. The van der Waals surface area contributed by atoms with Gasteiger partial charge in [-0.25, -0.2) is 0 Å². The van der Waals surface area contributed by atoms with Crippen molar-refractivity contribution in [2.75, 3.05) is 33.3 Å². The lowest BCUT2D eigenvalue weighted by molar-refractivity contribution is -0.149. The summed E-state index contributed by atoms with van der Waals surface area (Å²) in [6, 6.07) is 0. The smallest absolute Gasteiger partial charge is 0.310 e. The Balaban J connectivity index is 0.00000361. The quantitative estimate of drug-likeness (QED) is 0.303. The summed E-state index contributed by atoms with van der Waals surface area (Å²) in [5.74, 6) is 0.640. The average Bonchev–Trinajstić information content (AvgIpc) is 2.40. The maximum absolute atomic E-state index is 11.8. The summed E-state index contributed by atoms with van der Waals surface area (Å²) >= 11 is 3.31. The molecule has 1 aliphatic rings. The van der Waals surface area contributed by atoms with E-state index in [1.165, 1.54) is 0 Å². The van der Waals surface area contributed by atoms with E-state index in [9.17, 15) is 4.79 Å². The standard InChI is InChI=1S/C13H22BrN3O2.HI/c1-4-19-12(18)11-6-5-7-17(9-11)13(15-3)16-8-10(2)14;/h11H,2,4-9H2,1,3H3,(H,15,16);1H/t11-;/m1./s1. The molecule has 1 aliphatic heterocycles. The van der Waals surface area contributed by atoms with Crippen LogP contribution < -0.4 is 5.32 Å². The van der Waals surface area contributed by atoms with E-state index in [0.29, 0.717) is 19.7 Å². The first kappa shape index (κ1) is 19.7. The number of halogens is 2. The van der Waals surface area contributed by atoms with Crippen molar-refractivity contribution < 1.29 is 9.53 Å². The molecule has 7 heteroatoms. The Morgan fingerprint density at radius 3 is 2.85 bits per heavy atom. The Morgan fingerprint density at radius 2 is 2.30 bits per heavy atom. The lowest BCUT2D eigenvalue weighted by Crippen LogP contribution is -2.48. The van der Waals surface area contributed by atoms with Crippen LogP contribution in [0.25, 0.3) is 0 Å². The van der Waals surface area contributed by atoms with E-state index < -0.39 is 0 Å². The molecule has 1 rings (SSSR count). The van der Waals surface area contributed by atoms with Gasteiger partial charge in [0.2, 0.25) is 0 Å². The van der Waals surface area contributed by atoms with E-state index in [1.54, 1.807) is 7.05 Å². The average molecular weight is 460 g/mol. The molecule has 1 saturated heterocycles. The van der Waals surface area contributed by atoms with Gasteiger partial charge in [0, 0.05) is 31.2 Å². The van der Waals surface area contributed by atoms with E-state index in [0.717, 1.165) is 29.8 Å². The highest BCUT2D eigenvalue weighted by Gasteiger charge is 2.28. The van der Waals surface area contributed by atoms with Crippen molar-refractivity contribution in [2.45, 2.75) is 19.8 Å². The minimum absolute atomic E-state index is 0. The molecular weight excluding hydrogens is 437 g/mol. The zero-order chi connectivity index (χ0) is 14.3. The summed E-state index contributed by atoms with van der Waals surface area (Å²) < 4.78 is 5.96. The summed E-state index contributed by atoms with van der Waals surface area (Å²) in [7, 11) is 1.74. The fraction of sp³-hybridized carbons (Fsp3) is 0.692. The van der Waals surface area contributed by atoms with Crippen LogP contribution in [0.2, 0.25) is 0 Å². The Hall–Kier alpha value is -0.310. The number of carbonyl (C=O) groups is 1.